The number of carbonyl (C=O) groups is 2. The van der Waals surface area contributed by atoms with E-state index in [2.05, 4.69) is 0 Å². The summed E-state index contributed by atoms with van der Waals surface area (Å²) in [5, 5.41) is 0. The number of esters is 2. The second kappa shape index (κ2) is 3.72. The van der Waals surface area contributed by atoms with Gasteiger partial charge in [0.2, 0.25) is 0 Å². The van der Waals surface area contributed by atoms with Gasteiger partial charge in [-0.25, -0.2) is 0 Å². The standard InChI is InChI=1S/C14H20O4/c1-14(2,3)13(16)17-6-10-7-4-8-9(5-7)12(15)18-11(8)10/h7-11H,4-6H2,1-3H3. The van der Waals surface area contributed by atoms with Crippen molar-refractivity contribution < 1.29 is 19.1 Å². The maximum absolute atomic E-state index is 11.8. The molecular weight excluding hydrogens is 232 g/mol. The molecule has 1 saturated heterocycles. The average Bonchev–Trinajstić information content (AvgIpc) is 2.86. The highest BCUT2D eigenvalue weighted by Gasteiger charge is 2.61. The lowest BCUT2D eigenvalue weighted by Crippen LogP contribution is -2.33. The topological polar surface area (TPSA) is 52.6 Å². The van der Waals surface area contributed by atoms with E-state index < -0.39 is 5.41 Å². The predicted octanol–water partition coefficient (Wildman–Crippen LogP) is 1.77. The number of rotatable bonds is 2. The fourth-order valence-corrected chi connectivity index (χ4v) is 3.70. The van der Waals surface area contributed by atoms with Gasteiger partial charge in [-0.2, -0.15) is 0 Å². The molecule has 0 spiro atoms. The van der Waals surface area contributed by atoms with Gasteiger partial charge >= 0.3 is 11.9 Å². The second-order valence-electron chi connectivity index (χ2n) is 6.92. The third kappa shape index (κ3) is 1.65. The van der Waals surface area contributed by atoms with Gasteiger partial charge in [0.1, 0.15) is 6.10 Å². The Morgan fingerprint density at radius 3 is 2.78 bits per heavy atom. The molecule has 0 radical (unpaired) electrons. The van der Waals surface area contributed by atoms with Crippen molar-refractivity contribution in [1.29, 1.82) is 0 Å². The van der Waals surface area contributed by atoms with E-state index in [-0.39, 0.29) is 29.9 Å². The number of hydrogen-bond acceptors (Lipinski definition) is 4. The Morgan fingerprint density at radius 1 is 1.39 bits per heavy atom. The van der Waals surface area contributed by atoms with E-state index in [0.717, 1.165) is 12.8 Å². The predicted molar refractivity (Wildman–Crippen MR) is 63.5 cm³/mol. The van der Waals surface area contributed by atoms with Gasteiger partial charge < -0.3 is 9.47 Å². The fourth-order valence-electron chi connectivity index (χ4n) is 3.70. The third-order valence-electron chi connectivity index (χ3n) is 4.67. The van der Waals surface area contributed by atoms with E-state index in [4.69, 9.17) is 9.47 Å². The zero-order valence-corrected chi connectivity index (χ0v) is 11.1. The zero-order chi connectivity index (χ0) is 13.1. The van der Waals surface area contributed by atoms with Gasteiger partial charge in [0.05, 0.1) is 17.9 Å². The Balaban J connectivity index is 1.63. The molecule has 0 amide bonds. The van der Waals surface area contributed by atoms with Crippen molar-refractivity contribution in [3.8, 4) is 0 Å². The molecule has 2 aliphatic carbocycles. The summed E-state index contributed by atoms with van der Waals surface area (Å²) >= 11 is 0. The molecule has 5 atom stereocenters. The van der Waals surface area contributed by atoms with Crippen LogP contribution in [0.4, 0.5) is 0 Å². The molecule has 18 heavy (non-hydrogen) atoms. The van der Waals surface area contributed by atoms with E-state index in [1.807, 2.05) is 20.8 Å². The molecular formula is C14H20O4. The number of hydrogen-bond donors (Lipinski definition) is 0. The van der Waals surface area contributed by atoms with Crippen molar-refractivity contribution in [2.24, 2.45) is 29.1 Å². The van der Waals surface area contributed by atoms with Crippen molar-refractivity contribution in [3.05, 3.63) is 0 Å². The first-order valence-electron chi connectivity index (χ1n) is 6.75. The van der Waals surface area contributed by atoms with Crippen molar-refractivity contribution in [3.63, 3.8) is 0 Å². The van der Waals surface area contributed by atoms with Gasteiger partial charge in [0.15, 0.2) is 0 Å². The van der Waals surface area contributed by atoms with Gasteiger partial charge in [-0.3, -0.25) is 9.59 Å². The van der Waals surface area contributed by atoms with E-state index in [1.165, 1.54) is 0 Å². The summed E-state index contributed by atoms with van der Waals surface area (Å²) in [5.41, 5.74) is -0.466. The molecule has 2 bridgehead atoms. The minimum atomic E-state index is -0.466. The van der Waals surface area contributed by atoms with Crippen LogP contribution in [0.1, 0.15) is 33.6 Å². The number of fused-ring (bicyclic) bond motifs is 1. The minimum Gasteiger partial charge on any atom is -0.465 e. The van der Waals surface area contributed by atoms with Gasteiger partial charge in [-0.05, 0) is 39.5 Å². The van der Waals surface area contributed by atoms with E-state index in [1.54, 1.807) is 0 Å². The Morgan fingerprint density at radius 2 is 2.11 bits per heavy atom. The molecule has 3 fully saturated rings. The molecule has 0 aromatic carbocycles. The lowest BCUT2D eigenvalue weighted by atomic mass is 9.82. The first kappa shape index (κ1) is 12.0. The van der Waals surface area contributed by atoms with Crippen molar-refractivity contribution in [1.82, 2.24) is 0 Å². The summed E-state index contributed by atoms with van der Waals surface area (Å²) in [4.78, 5) is 23.4. The van der Waals surface area contributed by atoms with Crippen LogP contribution >= 0.6 is 0 Å². The molecule has 5 unspecified atom stereocenters. The van der Waals surface area contributed by atoms with Gasteiger partial charge in [-0.15, -0.1) is 0 Å². The van der Waals surface area contributed by atoms with Crippen LogP contribution in [0.3, 0.4) is 0 Å². The molecule has 2 saturated carbocycles. The maximum atomic E-state index is 11.8. The summed E-state index contributed by atoms with van der Waals surface area (Å²) in [6.45, 7) is 5.95. The van der Waals surface area contributed by atoms with Crippen LogP contribution in [0, 0.1) is 29.1 Å². The molecule has 4 nitrogen and oxygen atoms in total. The quantitative estimate of drug-likeness (QED) is 0.703. The Labute approximate surface area is 107 Å². The minimum absolute atomic E-state index is 0.00835. The molecule has 0 aromatic heterocycles. The highest BCUT2D eigenvalue weighted by atomic mass is 16.6. The highest BCUT2D eigenvalue weighted by molar-refractivity contribution is 5.77. The van der Waals surface area contributed by atoms with E-state index in [9.17, 15) is 9.59 Å². The van der Waals surface area contributed by atoms with E-state index >= 15 is 0 Å². The summed E-state index contributed by atoms with van der Waals surface area (Å²) in [6.07, 6.45) is 2.00. The van der Waals surface area contributed by atoms with Crippen molar-refractivity contribution >= 4 is 11.9 Å². The molecule has 1 aliphatic heterocycles. The van der Waals surface area contributed by atoms with Crippen LogP contribution < -0.4 is 0 Å². The first-order valence-corrected chi connectivity index (χ1v) is 6.75. The summed E-state index contributed by atoms with van der Waals surface area (Å²) in [6, 6.07) is 0. The van der Waals surface area contributed by atoms with Crippen LogP contribution in [0.25, 0.3) is 0 Å². The Bertz CT molecular complexity index is 395. The van der Waals surface area contributed by atoms with Gasteiger partial charge in [0, 0.05) is 11.8 Å². The molecule has 4 heteroatoms. The van der Waals surface area contributed by atoms with Crippen LogP contribution in [0.15, 0.2) is 0 Å². The fraction of sp³-hybridized carbons (Fsp3) is 0.857. The van der Waals surface area contributed by atoms with Crippen LogP contribution in [0.5, 0.6) is 0 Å². The van der Waals surface area contributed by atoms with Gasteiger partial charge in [0.25, 0.3) is 0 Å². The molecule has 0 N–H and O–H groups in total. The smallest absolute Gasteiger partial charge is 0.311 e. The Kier molecular flexibility index (Phi) is 2.48. The third-order valence-corrected chi connectivity index (χ3v) is 4.67. The Hall–Kier alpha value is -1.06. The largest absolute Gasteiger partial charge is 0.465 e. The summed E-state index contributed by atoms with van der Waals surface area (Å²) < 4.78 is 10.8. The van der Waals surface area contributed by atoms with E-state index in [0.29, 0.717) is 18.4 Å². The lowest BCUT2D eigenvalue weighted by molar-refractivity contribution is -0.156. The normalized spacial score (nSPS) is 41.1. The van der Waals surface area contributed by atoms with Crippen LogP contribution in [-0.2, 0) is 19.1 Å². The van der Waals surface area contributed by atoms with Crippen LogP contribution in [0.2, 0.25) is 0 Å². The molecule has 3 rings (SSSR count). The van der Waals surface area contributed by atoms with Crippen LogP contribution in [-0.4, -0.2) is 24.6 Å². The molecule has 3 aliphatic rings. The SMILES string of the molecule is CC(C)(C)C(=O)OCC1C2CC3C(=O)OC1C3C2. The molecule has 1 heterocycles. The number of carbonyl (C=O) groups excluding carboxylic acids is 2. The summed E-state index contributed by atoms with van der Waals surface area (Å²) in [5.74, 6) is 1.05. The average molecular weight is 252 g/mol. The molecule has 100 valence electrons. The second-order valence-corrected chi connectivity index (χ2v) is 6.92. The maximum Gasteiger partial charge on any atom is 0.311 e. The number of ether oxygens (including phenoxy) is 2. The lowest BCUT2D eigenvalue weighted by Gasteiger charge is -2.26. The molecule has 0 aromatic rings. The van der Waals surface area contributed by atoms with Gasteiger partial charge in [-0.1, -0.05) is 0 Å². The van der Waals surface area contributed by atoms with Crippen molar-refractivity contribution in [2.75, 3.05) is 6.61 Å². The van der Waals surface area contributed by atoms with Crippen molar-refractivity contribution in [2.45, 2.75) is 39.7 Å². The zero-order valence-electron chi connectivity index (χ0n) is 11.1. The summed E-state index contributed by atoms with van der Waals surface area (Å²) in [7, 11) is 0. The first-order chi connectivity index (χ1) is 8.38. The monoisotopic (exact) mass is 252 g/mol. The highest BCUT2D eigenvalue weighted by Crippen LogP contribution is 2.57.